The molecule has 0 radical (unpaired) electrons. The number of benzene rings is 1. The van der Waals surface area contributed by atoms with Crippen molar-refractivity contribution in [3.05, 3.63) is 33.8 Å². The molecule has 2 nitrogen and oxygen atoms in total. The molecule has 1 aromatic carbocycles. The number of ether oxygens (including phenoxy) is 1. The lowest BCUT2D eigenvalue weighted by molar-refractivity contribution is -0.143. The SMILES string of the molecule is CCOC1(C(O)Cc2cccc(Cl)c2Cl)CCC(C)CC1. The molecule has 0 saturated heterocycles. The number of hydrogen-bond donors (Lipinski definition) is 1. The van der Waals surface area contributed by atoms with E-state index in [4.69, 9.17) is 27.9 Å². The minimum Gasteiger partial charge on any atom is -0.390 e. The summed E-state index contributed by atoms with van der Waals surface area (Å²) in [4.78, 5) is 0. The van der Waals surface area contributed by atoms with Crippen LogP contribution in [-0.4, -0.2) is 23.4 Å². The first kappa shape index (κ1) is 17.1. The van der Waals surface area contributed by atoms with Crippen molar-refractivity contribution in [1.82, 2.24) is 0 Å². The fourth-order valence-corrected chi connectivity index (χ4v) is 3.61. The van der Waals surface area contributed by atoms with Crippen LogP contribution in [0.15, 0.2) is 18.2 Å². The number of aliphatic hydroxyl groups is 1. The molecule has 1 aromatic rings. The molecule has 0 bridgehead atoms. The fourth-order valence-electron chi connectivity index (χ4n) is 3.21. The van der Waals surface area contributed by atoms with Crippen LogP contribution in [0.3, 0.4) is 0 Å². The number of hydrogen-bond acceptors (Lipinski definition) is 2. The van der Waals surface area contributed by atoms with Crippen LogP contribution in [0, 0.1) is 5.92 Å². The molecule has 1 N–H and O–H groups in total. The average Bonchev–Trinajstić information content (AvgIpc) is 2.46. The third kappa shape index (κ3) is 3.92. The molecule has 1 aliphatic carbocycles. The van der Waals surface area contributed by atoms with Gasteiger partial charge >= 0.3 is 0 Å². The van der Waals surface area contributed by atoms with Crippen LogP contribution in [0.2, 0.25) is 10.0 Å². The van der Waals surface area contributed by atoms with Crippen LogP contribution in [0.1, 0.15) is 45.1 Å². The minimum absolute atomic E-state index is 0.438. The maximum absolute atomic E-state index is 10.8. The standard InChI is InChI=1S/C17H24Cl2O2/c1-3-21-17(9-7-12(2)8-10-17)15(20)11-13-5-4-6-14(18)16(13)19/h4-6,12,15,20H,3,7-11H2,1-2H3. The van der Waals surface area contributed by atoms with Crippen molar-refractivity contribution in [2.75, 3.05) is 6.61 Å². The Hall–Kier alpha value is -0.280. The Bertz CT molecular complexity index is 468. The first-order valence-electron chi connectivity index (χ1n) is 7.73. The summed E-state index contributed by atoms with van der Waals surface area (Å²) in [6, 6.07) is 5.55. The van der Waals surface area contributed by atoms with Crippen molar-refractivity contribution in [2.45, 2.75) is 57.7 Å². The molecular formula is C17H24Cl2O2. The van der Waals surface area contributed by atoms with E-state index in [1.165, 1.54) is 0 Å². The summed E-state index contributed by atoms with van der Waals surface area (Å²) in [6.07, 6.45) is 3.93. The van der Waals surface area contributed by atoms with Crippen molar-refractivity contribution in [3.8, 4) is 0 Å². The predicted molar refractivity (Wildman–Crippen MR) is 88.2 cm³/mol. The molecular weight excluding hydrogens is 307 g/mol. The molecule has 0 amide bonds. The predicted octanol–water partition coefficient (Wildman–Crippen LogP) is 4.88. The molecule has 2 rings (SSSR count). The van der Waals surface area contributed by atoms with E-state index in [9.17, 15) is 5.11 Å². The van der Waals surface area contributed by atoms with E-state index < -0.39 is 11.7 Å². The van der Waals surface area contributed by atoms with Crippen molar-refractivity contribution >= 4 is 23.2 Å². The van der Waals surface area contributed by atoms with Crippen molar-refractivity contribution in [3.63, 3.8) is 0 Å². The van der Waals surface area contributed by atoms with E-state index >= 15 is 0 Å². The van der Waals surface area contributed by atoms with E-state index in [2.05, 4.69) is 6.92 Å². The largest absolute Gasteiger partial charge is 0.390 e. The molecule has 21 heavy (non-hydrogen) atoms. The minimum atomic E-state index is -0.555. The van der Waals surface area contributed by atoms with E-state index in [1.54, 1.807) is 6.07 Å². The van der Waals surface area contributed by atoms with Gasteiger partial charge in [0.05, 0.1) is 21.8 Å². The highest BCUT2D eigenvalue weighted by atomic mass is 35.5. The van der Waals surface area contributed by atoms with Crippen LogP contribution in [0.4, 0.5) is 0 Å². The van der Waals surface area contributed by atoms with Gasteiger partial charge in [-0.05, 0) is 50.2 Å². The highest BCUT2D eigenvalue weighted by molar-refractivity contribution is 6.42. The van der Waals surface area contributed by atoms with Gasteiger partial charge in [0.15, 0.2) is 0 Å². The van der Waals surface area contributed by atoms with E-state index in [0.717, 1.165) is 31.2 Å². The highest BCUT2D eigenvalue weighted by Gasteiger charge is 2.41. The molecule has 1 unspecified atom stereocenters. The zero-order chi connectivity index (χ0) is 15.5. The van der Waals surface area contributed by atoms with Gasteiger partial charge < -0.3 is 9.84 Å². The average molecular weight is 331 g/mol. The van der Waals surface area contributed by atoms with Crippen molar-refractivity contribution in [1.29, 1.82) is 0 Å². The second-order valence-corrected chi connectivity index (χ2v) is 6.90. The van der Waals surface area contributed by atoms with Crippen LogP contribution >= 0.6 is 23.2 Å². The van der Waals surface area contributed by atoms with Crippen LogP contribution in [0.25, 0.3) is 0 Å². The molecule has 118 valence electrons. The van der Waals surface area contributed by atoms with E-state index in [0.29, 0.717) is 29.0 Å². The van der Waals surface area contributed by atoms with E-state index in [1.807, 2.05) is 19.1 Å². The second kappa shape index (κ2) is 7.32. The normalized spacial score (nSPS) is 27.6. The highest BCUT2D eigenvalue weighted by Crippen LogP contribution is 2.39. The van der Waals surface area contributed by atoms with Crippen molar-refractivity contribution < 1.29 is 9.84 Å². The van der Waals surface area contributed by atoms with Gasteiger partial charge in [-0.1, -0.05) is 42.3 Å². The molecule has 4 heteroatoms. The molecule has 1 saturated carbocycles. The smallest absolute Gasteiger partial charge is 0.0943 e. The lowest BCUT2D eigenvalue weighted by Gasteiger charge is -2.42. The third-order valence-corrected chi connectivity index (χ3v) is 5.46. The van der Waals surface area contributed by atoms with Gasteiger partial charge in [-0.3, -0.25) is 0 Å². The van der Waals surface area contributed by atoms with Gasteiger partial charge in [-0.25, -0.2) is 0 Å². The Labute approximate surface area is 137 Å². The molecule has 1 fully saturated rings. The summed E-state index contributed by atoms with van der Waals surface area (Å²) in [5, 5.41) is 11.9. The van der Waals surface area contributed by atoms with Gasteiger partial charge in [0.2, 0.25) is 0 Å². The van der Waals surface area contributed by atoms with Gasteiger partial charge in [0.1, 0.15) is 0 Å². The summed E-state index contributed by atoms with van der Waals surface area (Å²) >= 11 is 12.3. The molecule has 0 aliphatic heterocycles. The monoisotopic (exact) mass is 330 g/mol. The lowest BCUT2D eigenvalue weighted by atomic mass is 9.75. The summed E-state index contributed by atoms with van der Waals surface area (Å²) in [5.74, 6) is 0.709. The maximum atomic E-state index is 10.8. The zero-order valence-electron chi connectivity index (χ0n) is 12.7. The lowest BCUT2D eigenvalue weighted by Crippen LogP contribution is -2.48. The fraction of sp³-hybridized carbons (Fsp3) is 0.647. The van der Waals surface area contributed by atoms with Crippen molar-refractivity contribution in [2.24, 2.45) is 5.92 Å². The number of rotatable bonds is 5. The summed E-state index contributed by atoms with van der Waals surface area (Å²) < 4.78 is 6.00. The third-order valence-electron chi connectivity index (χ3n) is 4.60. The van der Waals surface area contributed by atoms with Gasteiger partial charge in [-0.15, -0.1) is 0 Å². The topological polar surface area (TPSA) is 29.5 Å². The van der Waals surface area contributed by atoms with Crippen LogP contribution in [-0.2, 0) is 11.2 Å². The summed E-state index contributed by atoms with van der Waals surface area (Å²) in [5.41, 5.74) is 0.446. The molecule has 0 heterocycles. The van der Waals surface area contributed by atoms with Gasteiger partial charge in [0, 0.05) is 13.0 Å². The quantitative estimate of drug-likeness (QED) is 0.833. The Morgan fingerprint density at radius 2 is 2.00 bits per heavy atom. The zero-order valence-corrected chi connectivity index (χ0v) is 14.3. The molecule has 1 atom stereocenters. The Kier molecular flexibility index (Phi) is 5.96. The molecule has 1 aliphatic rings. The first-order valence-corrected chi connectivity index (χ1v) is 8.49. The number of aliphatic hydroxyl groups excluding tert-OH is 1. The Morgan fingerprint density at radius 3 is 2.62 bits per heavy atom. The summed E-state index contributed by atoms with van der Waals surface area (Å²) in [7, 11) is 0. The second-order valence-electron chi connectivity index (χ2n) is 6.11. The van der Waals surface area contributed by atoms with Crippen LogP contribution < -0.4 is 0 Å². The van der Waals surface area contributed by atoms with E-state index in [-0.39, 0.29) is 0 Å². The number of halogens is 2. The molecule has 0 aromatic heterocycles. The molecule has 0 spiro atoms. The first-order chi connectivity index (χ1) is 9.98. The Morgan fingerprint density at radius 1 is 1.33 bits per heavy atom. The van der Waals surface area contributed by atoms with Gasteiger partial charge in [-0.2, -0.15) is 0 Å². The van der Waals surface area contributed by atoms with Crippen LogP contribution in [0.5, 0.6) is 0 Å². The van der Waals surface area contributed by atoms with Gasteiger partial charge in [0.25, 0.3) is 0 Å². The Balaban J connectivity index is 2.15. The maximum Gasteiger partial charge on any atom is 0.0943 e. The summed E-state index contributed by atoms with van der Waals surface area (Å²) in [6.45, 7) is 4.86.